The Morgan fingerprint density at radius 3 is 2.59 bits per heavy atom. The van der Waals surface area contributed by atoms with Crippen LogP contribution >= 0.6 is 0 Å². The minimum absolute atomic E-state index is 0.327. The van der Waals surface area contributed by atoms with Gasteiger partial charge in [0.25, 0.3) is 5.91 Å². The molecule has 5 rings (SSSR count). The number of rotatable bonds is 7. The molecule has 0 saturated carbocycles. The first-order valence-electron chi connectivity index (χ1n) is 11.0. The van der Waals surface area contributed by atoms with Gasteiger partial charge in [0.05, 0.1) is 13.7 Å². The number of nitrogens with zero attached hydrogens (tertiary/aromatic N) is 3. The van der Waals surface area contributed by atoms with Crippen molar-refractivity contribution >= 4 is 11.6 Å². The van der Waals surface area contributed by atoms with Crippen molar-refractivity contribution in [1.82, 2.24) is 19.5 Å². The molecule has 2 aromatic heterocycles. The fourth-order valence-electron chi connectivity index (χ4n) is 4.26. The van der Waals surface area contributed by atoms with Gasteiger partial charge in [-0.05, 0) is 43.3 Å². The molecule has 1 aliphatic heterocycles. The molecule has 0 aliphatic carbocycles. The number of amides is 1. The molecule has 0 atom stereocenters. The number of carbonyl (C=O) groups is 1. The summed E-state index contributed by atoms with van der Waals surface area (Å²) in [6.45, 7) is 4.43. The van der Waals surface area contributed by atoms with Crippen molar-refractivity contribution in [3.05, 3.63) is 66.0 Å². The molecular formula is C26H25N5O3. The van der Waals surface area contributed by atoms with Gasteiger partial charge in [-0.25, -0.2) is 9.50 Å². The van der Waals surface area contributed by atoms with Crippen molar-refractivity contribution in [3.8, 4) is 40.3 Å². The summed E-state index contributed by atoms with van der Waals surface area (Å²) in [6.07, 6.45) is 1.91. The number of carbonyl (C=O) groups excluding carboxylic acids is 1. The van der Waals surface area contributed by atoms with Crippen LogP contribution in [0.4, 0.5) is 0 Å². The zero-order valence-corrected chi connectivity index (χ0v) is 19.0. The molecule has 3 heterocycles. The number of primary amides is 1. The molecule has 0 radical (unpaired) electrons. The van der Waals surface area contributed by atoms with Crippen LogP contribution in [-0.4, -0.2) is 52.1 Å². The van der Waals surface area contributed by atoms with Crippen LogP contribution in [0.2, 0.25) is 0 Å². The van der Waals surface area contributed by atoms with Gasteiger partial charge in [-0.3, -0.25) is 14.8 Å². The Balaban J connectivity index is 1.43. The minimum atomic E-state index is -0.543. The average molecular weight is 456 g/mol. The number of imidazole rings is 1. The molecule has 0 unspecified atom stereocenters. The van der Waals surface area contributed by atoms with E-state index >= 15 is 0 Å². The Kier molecular flexibility index (Phi) is 5.70. The lowest BCUT2D eigenvalue weighted by Gasteiger charge is -2.37. The number of nitrogens with one attached hydrogen (secondary N) is 1. The summed E-state index contributed by atoms with van der Waals surface area (Å²) in [4.78, 5) is 19.5. The molecule has 3 N–H and O–H groups in total. The van der Waals surface area contributed by atoms with E-state index in [9.17, 15) is 4.79 Å². The van der Waals surface area contributed by atoms with E-state index in [1.165, 1.54) is 0 Å². The number of para-hydroxylation sites is 2. The number of benzene rings is 2. The largest absolute Gasteiger partial charge is 0.493 e. The highest BCUT2D eigenvalue weighted by Crippen LogP contribution is 2.35. The number of hydrogen-bond acceptors (Lipinski definition) is 5. The van der Waals surface area contributed by atoms with E-state index < -0.39 is 5.91 Å². The summed E-state index contributed by atoms with van der Waals surface area (Å²) in [5.74, 6) is 7.73. The number of ether oxygens (including phenoxy) is 2. The molecule has 1 amide bonds. The van der Waals surface area contributed by atoms with E-state index in [0.717, 1.165) is 36.4 Å². The summed E-state index contributed by atoms with van der Waals surface area (Å²) in [6, 6.07) is 14.9. The van der Waals surface area contributed by atoms with Gasteiger partial charge in [-0.2, -0.15) is 0 Å². The van der Waals surface area contributed by atoms with Gasteiger partial charge < -0.3 is 15.2 Å². The van der Waals surface area contributed by atoms with E-state index in [0.29, 0.717) is 34.6 Å². The van der Waals surface area contributed by atoms with Crippen LogP contribution in [-0.2, 0) is 0 Å². The Morgan fingerprint density at radius 1 is 1.18 bits per heavy atom. The number of aromatic nitrogens is 3. The van der Waals surface area contributed by atoms with Gasteiger partial charge in [0.1, 0.15) is 11.4 Å². The number of methoxy groups -OCH3 is 1. The van der Waals surface area contributed by atoms with Gasteiger partial charge in [-0.15, -0.1) is 5.92 Å². The predicted molar refractivity (Wildman–Crippen MR) is 129 cm³/mol. The van der Waals surface area contributed by atoms with Crippen LogP contribution in [0.15, 0.2) is 54.7 Å². The van der Waals surface area contributed by atoms with E-state index in [-0.39, 0.29) is 0 Å². The highest BCUT2D eigenvalue weighted by Gasteiger charge is 2.32. The third-order valence-electron chi connectivity index (χ3n) is 6.02. The topological polar surface area (TPSA) is 97.9 Å². The van der Waals surface area contributed by atoms with Crippen molar-refractivity contribution in [2.24, 2.45) is 5.73 Å². The van der Waals surface area contributed by atoms with Gasteiger partial charge in [0.15, 0.2) is 22.8 Å². The standard InChI is InChI=1S/C26H25N5O3/c1-3-4-13-30-15-18(16-30)20-14-28-31-24(25(27)32)23(29-26(20)31)17-9-11-19(12-10-17)34-22-8-6-5-7-21(22)33-2/h5-12,14,18,28H,13,15-16H2,1-2H3,(H2,27,32). The Labute approximate surface area is 197 Å². The number of aromatic amines is 1. The number of H-pyrrole nitrogens is 1. The number of likely N-dealkylation sites (tertiary alicyclic amines) is 1. The molecule has 1 saturated heterocycles. The van der Waals surface area contributed by atoms with Crippen LogP contribution < -0.4 is 15.2 Å². The molecule has 34 heavy (non-hydrogen) atoms. The average Bonchev–Trinajstić information content (AvgIpc) is 3.39. The first-order chi connectivity index (χ1) is 16.6. The molecule has 1 fully saturated rings. The van der Waals surface area contributed by atoms with Gasteiger partial charge in [0.2, 0.25) is 0 Å². The summed E-state index contributed by atoms with van der Waals surface area (Å²) < 4.78 is 13.0. The van der Waals surface area contributed by atoms with Gasteiger partial charge >= 0.3 is 0 Å². The second-order valence-electron chi connectivity index (χ2n) is 8.16. The molecule has 0 spiro atoms. The zero-order chi connectivity index (χ0) is 23.7. The fourth-order valence-corrected chi connectivity index (χ4v) is 4.26. The number of hydrogen-bond donors (Lipinski definition) is 2. The maximum absolute atomic E-state index is 12.4. The van der Waals surface area contributed by atoms with E-state index in [1.54, 1.807) is 11.6 Å². The van der Waals surface area contributed by atoms with Crippen molar-refractivity contribution in [3.63, 3.8) is 0 Å². The predicted octanol–water partition coefficient (Wildman–Crippen LogP) is 3.65. The maximum atomic E-state index is 12.4. The molecule has 172 valence electrons. The monoisotopic (exact) mass is 455 g/mol. The van der Waals surface area contributed by atoms with Crippen molar-refractivity contribution < 1.29 is 14.3 Å². The third-order valence-corrected chi connectivity index (χ3v) is 6.02. The summed E-state index contributed by atoms with van der Waals surface area (Å²) in [5, 5.41) is 3.16. The van der Waals surface area contributed by atoms with Crippen LogP contribution in [0.1, 0.15) is 28.9 Å². The van der Waals surface area contributed by atoms with Crippen LogP contribution in [0.3, 0.4) is 0 Å². The van der Waals surface area contributed by atoms with Crippen LogP contribution in [0, 0.1) is 11.8 Å². The lowest BCUT2D eigenvalue weighted by Crippen LogP contribution is -2.44. The van der Waals surface area contributed by atoms with E-state index in [4.69, 9.17) is 20.2 Å². The molecule has 2 aromatic carbocycles. The maximum Gasteiger partial charge on any atom is 0.269 e. The molecular weight excluding hydrogens is 430 g/mol. The van der Waals surface area contributed by atoms with Crippen molar-refractivity contribution in [1.29, 1.82) is 0 Å². The molecule has 4 aromatic rings. The highest BCUT2D eigenvalue weighted by atomic mass is 16.5. The summed E-state index contributed by atoms with van der Waals surface area (Å²) in [5.41, 5.74) is 9.20. The van der Waals surface area contributed by atoms with Crippen LogP contribution in [0.25, 0.3) is 16.9 Å². The molecule has 0 bridgehead atoms. The second-order valence-corrected chi connectivity index (χ2v) is 8.16. The first kappa shape index (κ1) is 21.6. The smallest absolute Gasteiger partial charge is 0.269 e. The SMILES string of the molecule is CC#CCN1CC(c2c[nH]n3c(C(N)=O)c(-c4ccc(Oc5ccccc5OC)cc4)nc23)C1. The second kappa shape index (κ2) is 8.96. The fraction of sp³-hybridized carbons (Fsp3) is 0.231. The molecule has 8 nitrogen and oxygen atoms in total. The van der Waals surface area contributed by atoms with E-state index in [1.807, 2.05) is 61.7 Å². The zero-order valence-electron chi connectivity index (χ0n) is 19.0. The van der Waals surface area contributed by atoms with E-state index in [2.05, 4.69) is 21.8 Å². The molecule has 1 aliphatic rings. The Bertz CT molecular complexity index is 1400. The Hall–Kier alpha value is -4.22. The quantitative estimate of drug-likeness (QED) is 0.415. The molecule has 8 heteroatoms. The normalized spacial score (nSPS) is 13.8. The first-order valence-corrected chi connectivity index (χ1v) is 11.0. The minimum Gasteiger partial charge on any atom is -0.493 e. The lowest BCUT2D eigenvalue weighted by molar-refractivity contribution is 0.0994. The third kappa shape index (κ3) is 3.87. The number of fused-ring (bicyclic) bond motifs is 1. The highest BCUT2D eigenvalue weighted by molar-refractivity contribution is 5.98. The Morgan fingerprint density at radius 2 is 1.91 bits per heavy atom. The van der Waals surface area contributed by atoms with Gasteiger partial charge in [0, 0.05) is 36.3 Å². The lowest BCUT2D eigenvalue weighted by atomic mass is 9.93. The van der Waals surface area contributed by atoms with Gasteiger partial charge in [-0.1, -0.05) is 18.1 Å². The van der Waals surface area contributed by atoms with Crippen molar-refractivity contribution in [2.45, 2.75) is 12.8 Å². The number of nitrogens with two attached hydrogens (primary N) is 1. The van der Waals surface area contributed by atoms with Crippen LogP contribution in [0.5, 0.6) is 17.2 Å². The summed E-state index contributed by atoms with van der Waals surface area (Å²) >= 11 is 0. The van der Waals surface area contributed by atoms with Crippen molar-refractivity contribution in [2.75, 3.05) is 26.7 Å². The summed E-state index contributed by atoms with van der Waals surface area (Å²) in [7, 11) is 1.60.